The van der Waals surface area contributed by atoms with Crippen LogP contribution in [-0.2, 0) is 14.8 Å². The van der Waals surface area contributed by atoms with Crippen LogP contribution in [0.3, 0.4) is 0 Å². The minimum Gasteiger partial charge on any atom is -0.497 e. The fraction of sp³-hybridized carbons (Fsp3) is 0.316. The Labute approximate surface area is 154 Å². The number of amides is 1. The summed E-state index contributed by atoms with van der Waals surface area (Å²) in [5.41, 5.74) is 1.73. The first-order valence-corrected chi connectivity index (χ1v) is 9.77. The van der Waals surface area contributed by atoms with Gasteiger partial charge in [-0.1, -0.05) is 12.1 Å². The molecule has 7 heteroatoms. The van der Waals surface area contributed by atoms with Crippen LogP contribution >= 0.6 is 0 Å². The van der Waals surface area contributed by atoms with Crippen molar-refractivity contribution in [2.24, 2.45) is 0 Å². The van der Waals surface area contributed by atoms with Crippen molar-refractivity contribution in [3.8, 4) is 5.75 Å². The monoisotopic (exact) mass is 374 g/mol. The van der Waals surface area contributed by atoms with Crippen LogP contribution in [0.5, 0.6) is 5.75 Å². The van der Waals surface area contributed by atoms with E-state index in [0.29, 0.717) is 22.7 Å². The van der Waals surface area contributed by atoms with Gasteiger partial charge in [-0.3, -0.25) is 9.10 Å². The van der Waals surface area contributed by atoms with Crippen molar-refractivity contribution < 1.29 is 17.9 Å². The highest BCUT2D eigenvalue weighted by Gasteiger charge is 2.37. The zero-order valence-corrected chi connectivity index (χ0v) is 16.1. The molecule has 1 aliphatic heterocycles. The SMILES string of the molecule is COc1ccc(S(=O)(=O)N2CC(C)N(C(C)=O)c3ccccc32)c(C)c1. The zero-order chi connectivity index (χ0) is 19.1. The highest BCUT2D eigenvalue weighted by Crippen LogP contribution is 2.39. The number of aryl methyl sites for hydroxylation is 1. The predicted octanol–water partition coefficient (Wildman–Crippen LogP) is 2.95. The summed E-state index contributed by atoms with van der Waals surface area (Å²) >= 11 is 0. The number of hydrogen-bond donors (Lipinski definition) is 0. The molecule has 0 bridgehead atoms. The third kappa shape index (κ3) is 2.92. The summed E-state index contributed by atoms with van der Waals surface area (Å²) in [6.07, 6.45) is 0. The van der Waals surface area contributed by atoms with E-state index < -0.39 is 10.0 Å². The Morgan fingerprint density at radius 2 is 1.81 bits per heavy atom. The van der Waals surface area contributed by atoms with Gasteiger partial charge in [-0.05, 0) is 49.7 Å². The predicted molar refractivity (Wildman–Crippen MR) is 101 cm³/mol. The quantitative estimate of drug-likeness (QED) is 0.828. The summed E-state index contributed by atoms with van der Waals surface area (Å²) in [5, 5.41) is 0. The summed E-state index contributed by atoms with van der Waals surface area (Å²) in [6, 6.07) is 11.7. The van der Waals surface area contributed by atoms with Crippen molar-refractivity contribution in [1.29, 1.82) is 0 Å². The second kappa shape index (κ2) is 6.64. The Hall–Kier alpha value is -2.54. The van der Waals surface area contributed by atoms with E-state index in [0.717, 1.165) is 0 Å². The van der Waals surface area contributed by atoms with Crippen LogP contribution in [0.4, 0.5) is 11.4 Å². The third-order valence-electron chi connectivity index (χ3n) is 4.57. The van der Waals surface area contributed by atoms with Gasteiger partial charge in [0.2, 0.25) is 5.91 Å². The number of anilines is 2. The molecule has 0 spiro atoms. The molecule has 6 nitrogen and oxygen atoms in total. The Morgan fingerprint density at radius 3 is 2.38 bits per heavy atom. The first-order valence-electron chi connectivity index (χ1n) is 8.33. The highest BCUT2D eigenvalue weighted by molar-refractivity contribution is 7.93. The van der Waals surface area contributed by atoms with E-state index in [4.69, 9.17) is 4.74 Å². The number of nitrogens with zero attached hydrogens (tertiary/aromatic N) is 2. The number of benzene rings is 2. The van der Waals surface area contributed by atoms with Gasteiger partial charge in [0, 0.05) is 6.92 Å². The van der Waals surface area contributed by atoms with Gasteiger partial charge in [0.25, 0.3) is 10.0 Å². The lowest BCUT2D eigenvalue weighted by atomic mass is 10.1. The van der Waals surface area contributed by atoms with E-state index >= 15 is 0 Å². The minimum atomic E-state index is -3.77. The smallest absolute Gasteiger partial charge is 0.264 e. The molecule has 1 heterocycles. The fourth-order valence-corrected chi connectivity index (χ4v) is 5.17. The summed E-state index contributed by atoms with van der Waals surface area (Å²) in [5.74, 6) is 0.499. The lowest BCUT2D eigenvalue weighted by Crippen LogP contribution is -2.51. The number of ether oxygens (including phenoxy) is 1. The normalized spacial score (nSPS) is 17.0. The van der Waals surface area contributed by atoms with Gasteiger partial charge in [-0.2, -0.15) is 0 Å². The molecule has 2 aromatic rings. The molecule has 0 saturated heterocycles. The van der Waals surface area contributed by atoms with Crippen molar-refractivity contribution in [2.45, 2.75) is 31.7 Å². The average Bonchev–Trinajstić information content (AvgIpc) is 2.60. The summed E-state index contributed by atoms with van der Waals surface area (Å²) < 4.78 is 33.3. The van der Waals surface area contributed by atoms with E-state index in [2.05, 4.69) is 0 Å². The number of fused-ring (bicyclic) bond motifs is 1. The number of carbonyl (C=O) groups is 1. The Morgan fingerprint density at radius 1 is 1.15 bits per heavy atom. The molecule has 0 aliphatic carbocycles. The topological polar surface area (TPSA) is 66.9 Å². The molecule has 0 aromatic heterocycles. The molecule has 2 aromatic carbocycles. The molecule has 1 aliphatic rings. The lowest BCUT2D eigenvalue weighted by molar-refractivity contribution is -0.117. The molecule has 0 fully saturated rings. The molecule has 138 valence electrons. The standard InChI is InChI=1S/C19H22N2O4S/c1-13-11-16(25-4)9-10-19(13)26(23,24)20-12-14(2)21(15(3)22)18-8-6-5-7-17(18)20/h5-11,14H,12H2,1-4H3. The molecule has 0 saturated carbocycles. The Kier molecular flexibility index (Phi) is 4.66. The van der Waals surface area contributed by atoms with Gasteiger partial charge in [-0.25, -0.2) is 8.42 Å². The van der Waals surface area contributed by atoms with Crippen molar-refractivity contribution >= 4 is 27.3 Å². The van der Waals surface area contributed by atoms with Crippen LogP contribution in [0.1, 0.15) is 19.4 Å². The van der Waals surface area contributed by atoms with Crippen molar-refractivity contribution in [1.82, 2.24) is 0 Å². The lowest BCUT2D eigenvalue weighted by Gasteiger charge is -2.41. The molecule has 0 radical (unpaired) electrons. The van der Waals surface area contributed by atoms with E-state index in [9.17, 15) is 13.2 Å². The first kappa shape index (κ1) is 18.3. The number of para-hydroxylation sites is 2. The van der Waals surface area contributed by atoms with Crippen molar-refractivity contribution in [3.63, 3.8) is 0 Å². The molecular weight excluding hydrogens is 352 g/mol. The van der Waals surface area contributed by atoms with Crippen LogP contribution in [0, 0.1) is 6.92 Å². The fourth-order valence-electron chi connectivity index (χ4n) is 3.40. The van der Waals surface area contributed by atoms with Crippen molar-refractivity contribution in [3.05, 3.63) is 48.0 Å². The van der Waals surface area contributed by atoms with Gasteiger partial charge >= 0.3 is 0 Å². The third-order valence-corrected chi connectivity index (χ3v) is 6.51. The second-order valence-electron chi connectivity index (χ2n) is 6.39. The molecule has 3 rings (SSSR count). The van der Waals surface area contributed by atoms with Crippen LogP contribution < -0.4 is 13.9 Å². The average molecular weight is 374 g/mol. The molecule has 1 amide bonds. The Balaban J connectivity index is 2.14. The minimum absolute atomic E-state index is 0.109. The largest absolute Gasteiger partial charge is 0.497 e. The van der Waals surface area contributed by atoms with E-state index in [1.807, 2.05) is 6.92 Å². The van der Waals surface area contributed by atoms with Gasteiger partial charge in [0.1, 0.15) is 5.75 Å². The highest BCUT2D eigenvalue weighted by atomic mass is 32.2. The van der Waals surface area contributed by atoms with E-state index in [1.165, 1.54) is 11.2 Å². The first-order chi connectivity index (χ1) is 12.3. The number of methoxy groups -OCH3 is 1. The van der Waals surface area contributed by atoms with Crippen LogP contribution in [0.25, 0.3) is 0 Å². The van der Waals surface area contributed by atoms with Crippen LogP contribution in [-0.4, -0.2) is 34.0 Å². The van der Waals surface area contributed by atoms with Gasteiger partial charge in [-0.15, -0.1) is 0 Å². The summed E-state index contributed by atoms with van der Waals surface area (Å²) in [4.78, 5) is 13.9. The molecule has 1 atom stereocenters. The van der Waals surface area contributed by atoms with E-state index in [-0.39, 0.29) is 23.4 Å². The van der Waals surface area contributed by atoms with Crippen LogP contribution in [0.15, 0.2) is 47.4 Å². The van der Waals surface area contributed by atoms with Gasteiger partial charge in [0.15, 0.2) is 0 Å². The van der Waals surface area contributed by atoms with Gasteiger partial charge < -0.3 is 9.64 Å². The molecular formula is C19H22N2O4S. The summed E-state index contributed by atoms with van der Waals surface area (Å²) in [6.45, 7) is 5.28. The maximum atomic E-state index is 13.4. The van der Waals surface area contributed by atoms with Gasteiger partial charge in [0.05, 0.1) is 36.0 Å². The van der Waals surface area contributed by atoms with Crippen LogP contribution in [0.2, 0.25) is 0 Å². The zero-order valence-electron chi connectivity index (χ0n) is 15.3. The Bertz CT molecular complexity index is 956. The molecule has 26 heavy (non-hydrogen) atoms. The number of rotatable bonds is 3. The van der Waals surface area contributed by atoms with Crippen molar-refractivity contribution in [2.75, 3.05) is 22.9 Å². The maximum absolute atomic E-state index is 13.4. The molecule has 0 N–H and O–H groups in total. The number of hydrogen-bond acceptors (Lipinski definition) is 4. The molecule has 1 unspecified atom stereocenters. The second-order valence-corrected chi connectivity index (χ2v) is 8.23. The number of carbonyl (C=O) groups excluding carboxylic acids is 1. The number of sulfonamides is 1. The summed E-state index contributed by atoms with van der Waals surface area (Å²) in [7, 11) is -2.23. The van der Waals surface area contributed by atoms with E-state index in [1.54, 1.807) is 61.4 Å². The maximum Gasteiger partial charge on any atom is 0.264 e.